The molecule has 3 heteroatoms. The second-order valence-electron chi connectivity index (χ2n) is 4.31. The van der Waals surface area contributed by atoms with Crippen LogP contribution in [0.1, 0.15) is 32.6 Å². The van der Waals surface area contributed by atoms with Crippen molar-refractivity contribution in [3.8, 4) is 12.3 Å². The summed E-state index contributed by atoms with van der Waals surface area (Å²) in [6.07, 6.45) is 9.25. The van der Waals surface area contributed by atoms with E-state index in [-0.39, 0.29) is 0 Å². The largest absolute Gasteiger partial charge is 0.340 e. The fraction of sp³-hybridized carbons (Fsp3) is 0.692. The number of halogens is 1. The first-order valence-electron chi connectivity index (χ1n) is 5.67. The van der Waals surface area contributed by atoms with Gasteiger partial charge in [0.2, 0.25) is 5.79 Å². The van der Waals surface area contributed by atoms with Crippen molar-refractivity contribution in [1.29, 1.82) is 0 Å². The quantitative estimate of drug-likeness (QED) is 0.566. The summed E-state index contributed by atoms with van der Waals surface area (Å²) in [6, 6.07) is 0. The smallest absolute Gasteiger partial charge is 0.233 e. The molecule has 0 bridgehead atoms. The van der Waals surface area contributed by atoms with Crippen molar-refractivity contribution in [1.82, 2.24) is 0 Å². The van der Waals surface area contributed by atoms with Crippen molar-refractivity contribution in [2.45, 2.75) is 38.4 Å². The van der Waals surface area contributed by atoms with Crippen LogP contribution in [0.4, 0.5) is 0 Å². The highest BCUT2D eigenvalue weighted by molar-refractivity contribution is 14.1. The van der Waals surface area contributed by atoms with E-state index >= 15 is 0 Å². The molecule has 0 unspecified atom stereocenters. The minimum atomic E-state index is -0.765. The maximum Gasteiger partial charge on any atom is 0.233 e. The number of hydrogen-bond acceptors (Lipinski definition) is 2. The van der Waals surface area contributed by atoms with E-state index in [0.29, 0.717) is 19.1 Å². The lowest BCUT2D eigenvalue weighted by molar-refractivity contribution is -0.234. The molecule has 1 heterocycles. The van der Waals surface area contributed by atoms with E-state index in [0.717, 1.165) is 25.7 Å². The number of terminal acetylenes is 1. The van der Waals surface area contributed by atoms with Crippen molar-refractivity contribution in [2.24, 2.45) is 5.92 Å². The topological polar surface area (TPSA) is 18.5 Å². The Kier molecular flexibility index (Phi) is 5.81. The third-order valence-electron chi connectivity index (χ3n) is 2.72. The summed E-state index contributed by atoms with van der Waals surface area (Å²) in [5, 5.41) is 0. The molecule has 1 saturated heterocycles. The molecular formula is C13H19IO2. The van der Waals surface area contributed by atoms with E-state index in [1.807, 2.05) is 0 Å². The summed E-state index contributed by atoms with van der Waals surface area (Å²) in [6.45, 7) is 7.53. The van der Waals surface area contributed by atoms with Gasteiger partial charge in [0.1, 0.15) is 0 Å². The van der Waals surface area contributed by atoms with E-state index in [1.165, 1.54) is 3.58 Å². The van der Waals surface area contributed by atoms with E-state index in [4.69, 9.17) is 15.9 Å². The van der Waals surface area contributed by atoms with Crippen LogP contribution in [0.25, 0.3) is 0 Å². The lowest BCUT2D eigenvalue weighted by Crippen LogP contribution is -2.39. The minimum Gasteiger partial charge on any atom is -0.340 e. The average Bonchev–Trinajstić information content (AvgIpc) is 2.27. The molecule has 16 heavy (non-hydrogen) atoms. The predicted octanol–water partition coefficient (Wildman–Crippen LogP) is 3.51. The van der Waals surface area contributed by atoms with Gasteiger partial charge in [-0.25, -0.2) is 0 Å². The normalized spacial score (nSPS) is 21.1. The number of ether oxygens (including phenoxy) is 2. The van der Waals surface area contributed by atoms with Crippen molar-refractivity contribution < 1.29 is 9.47 Å². The molecular weight excluding hydrogens is 315 g/mol. The number of allylic oxidation sites excluding steroid dienone is 1. The highest BCUT2D eigenvalue weighted by Crippen LogP contribution is 2.28. The summed E-state index contributed by atoms with van der Waals surface area (Å²) in [5.41, 5.74) is 0. The van der Waals surface area contributed by atoms with E-state index < -0.39 is 5.79 Å². The maximum atomic E-state index is 5.59. The second kappa shape index (κ2) is 6.63. The van der Waals surface area contributed by atoms with E-state index in [2.05, 4.69) is 42.0 Å². The van der Waals surface area contributed by atoms with Crippen molar-refractivity contribution in [3.05, 3.63) is 10.2 Å². The fourth-order valence-corrected chi connectivity index (χ4v) is 2.54. The van der Waals surface area contributed by atoms with Crippen molar-refractivity contribution in [2.75, 3.05) is 13.2 Å². The molecule has 1 aliphatic heterocycles. The van der Waals surface area contributed by atoms with Gasteiger partial charge in [-0.15, -0.1) is 6.42 Å². The second-order valence-corrected chi connectivity index (χ2v) is 5.84. The summed E-state index contributed by atoms with van der Waals surface area (Å²) in [5.74, 6) is 2.47. The molecule has 2 nitrogen and oxygen atoms in total. The summed E-state index contributed by atoms with van der Waals surface area (Å²) in [4.78, 5) is 0. The van der Waals surface area contributed by atoms with E-state index in [9.17, 15) is 0 Å². The molecule has 90 valence electrons. The van der Waals surface area contributed by atoms with Gasteiger partial charge in [0.25, 0.3) is 0 Å². The zero-order chi connectivity index (χ0) is 12.0. The number of rotatable bonds is 5. The van der Waals surface area contributed by atoms with Crippen LogP contribution in [-0.4, -0.2) is 19.0 Å². The van der Waals surface area contributed by atoms with Gasteiger partial charge in [-0.3, -0.25) is 0 Å². The van der Waals surface area contributed by atoms with Gasteiger partial charge in [0.15, 0.2) is 0 Å². The van der Waals surface area contributed by atoms with Crippen LogP contribution < -0.4 is 0 Å². The predicted molar refractivity (Wildman–Crippen MR) is 74.3 cm³/mol. The SMILES string of the molecule is C#CC1(CC[C@@H](C)CC(=C)I)OCCCO1. The molecule has 0 radical (unpaired) electrons. The van der Waals surface area contributed by atoms with Crippen LogP contribution in [0, 0.1) is 18.3 Å². The molecule has 1 aliphatic rings. The van der Waals surface area contributed by atoms with Crippen LogP contribution in [0.5, 0.6) is 0 Å². The van der Waals surface area contributed by atoms with Crippen LogP contribution in [-0.2, 0) is 9.47 Å². The monoisotopic (exact) mass is 334 g/mol. The molecule has 1 fully saturated rings. The third kappa shape index (κ3) is 4.44. The lowest BCUT2D eigenvalue weighted by atomic mass is 9.98. The average molecular weight is 334 g/mol. The zero-order valence-electron chi connectivity index (χ0n) is 9.80. The summed E-state index contributed by atoms with van der Waals surface area (Å²) >= 11 is 2.27. The molecule has 0 aromatic rings. The van der Waals surface area contributed by atoms with Gasteiger partial charge in [-0.05, 0) is 57.3 Å². The first-order chi connectivity index (χ1) is 7.58. The Morgan fingerprint density at radius 3 is 2.69 bits per heavy atom. The molecule has 0 N–H and O–H groups in total. The first kappa shape index (κ1) is 14.0. The van der Waals surface area contributed by atoms with Crippen molar-refractivity contribution in [3.63, 3.8) is 0 Å². The van der Waals surface area contributed by atoms with Crippen molar-refractivity contribution >= 4 is 22.6 Å². The Labute approximate surface area is 112 Å². The molecule has 0 saturated carbocycles. The lowest BCUT2D eigenvalue weighted by Gasteiger charge is -2.33. The molecule has 1 atom stereocenters. The van der Waals surface area contributed by atoms with Gasteiger partial charge in [0.05, 0.1) is 13.2 Å². The third-order valence-corrected chi connectivity index (χ3v) is 3.16. The van der Waals surface area contributed by atoms with Crippen LogP contribution in [0.2, 0.25) is 0 Å². The molecule has 0 amide bonds. The molecule has 1 rings (SSSR count). The maximum absolute atomic E-state index is 5.59. The van der Waals surface area contributed by atoms with Gasteiger partial charge in [-0.1, -0.05) is 13.5 Å². The summed E-state index contributed by atoms with van der Waals surface area (Å²) < 4.78 is 12.4. The van der Waals surface area contributed by atoms with Crippen LogP contribution >= 0.6 is 22.6 Å². The molecule has 0 spiro atoms. The van der Waals surface area contributed by atoms with Gasteiger partial charge in [-0.2, -0.15) is 0 Å². The van der Waals surface area contributed by atoms with Gasteiger partial charge >= 0.3 is 0 Å². The minimum absolute atomic E-state index is 0.573. The Hall–Kier alpha value is -0.0500. The standard InChI is InChI=1S/C13H19IO2/c1-4-13(15-8-5-9-16-13)7-6-11(2)10-12(3)14/h1,11H,3,5-10H2,2H3/t11-/m1/s1. The first-order valence-corrected chi connectivity index (χ1v) is 6.75. The summed E-state index contributed by atoms with van der Waals surface area (Å²) in [7, 11) is 0. The van der Waals surface area contributed by atoms with Gasteiger partial charge < -0.3 is 9.47 Å². The zero-order valence-corrected chi connectivity index (χ0v) is 12.0. The van der Waals surface area contributed by atoms with Gasteiger partial charge in [0, 0.05) is 6.42 Å². The van der Waals surface area contributed by atoms with E-state index in [1.54, 1.807) is 0 Å². The molecule has 0 aromatic heterocycles. The Morgan fingerprint density at radius 2 is 2.19 bits per heavy atom. The Balaban J connectivity index is 2.39. The molecule has 0 aromatic carbocycles. The molecule has 0 aliphatic carbocycles. The van der Waals surface area contributed by atoms with Crippen LogP contribution in [0.15, 0.2) is 10.2 Å². The highest BCUT2D eigenvalue weighted by atomic mass is 127. The van der Waals surface area contributed by atoms with Crippen LogP contribution in [0.3, 0.4) is 0 Å². The fourth-order valence-electron chi connectivity index (χ4n) is 1.79. The Morgan fingerprint density at radius 1 is 1.56 bits per heavy atom. The number of hydrogen-bond donors (Lipinski definition) is 0. The Bertz CT molecular complexity index is 274. The highest BCUT2D eigenvalue weighted by Gasteiger charge is 2.32.